The van der Waals surface area contributed by atoms with Gasteiger partial charge in [-0.2, -0.15) is 0 Å². The van der Waals surface area contributed by atoms with Crippen LogP contribution in [0.25, 0.3) is 33.3 Å². The van der Waals surface area contributed by atoms with Crippen LogP contribution in [0.1, 0.15) is 27.4 Å². The van der Waals surface area contributed by atoms with Crippen molar-refractivity contribution in [2.45, 2.75) is 20.4 Å². The van der Waals surface area contributed by atoms with Crippen molar-refractivity contribution in [1.29, 1.82) is 0 Å². The van der Waals surface area contributed by atoms with Gasteiger partial charge in [-0.1, -0.05) is 47.6 Å². The number of hydrogen-bond donors (Lipinski definition) is 1. The third-order valence-corrected chi connectivity index (χ3v) is 5.68. The Bertz CT molecular complexity index is 1410. The molecule has 3 aromatic heterocycles. The van der Waals surface area contributed by atoms with Crippen LogP contribution in [0.5, 0.6) is 0 Å². The zero-order valence-electron chi connectivity index (χ0n) is 17.7. The number of fused-ring (bicyclic) bond motifs is 1. The summed E-state index contributed by atoms with van der Waals surface area (Å²) < 4.78 is 7.54. The van der Waals surface area contributed by atoms with Crippen molar-refractivity contribution in [2.75, 3.05) is 0 Å². The maximum Gasteiger partial charge on any atom is 0.335 e. The first-order valence-corrected chi connectivity index (χ1v) is 10.3. The normalized spacial score (nSPS) is 11.2. The average molecular weight is 423 g/mol. The van der Waals surface area contributed by atoms with Crippen molar-refractivity contribution >= 4 is 17.0 Å². The van der Waals surface area contributed by atoms with Gasteiger partial charge in [-0.05, 0) is 43.2 Å². The number of aromatic carboxylic acids is 1. The number of carbonyl (C=O) groups is 1. The topological polar surface area (TPSA) is 81.2 Å². The molecule has 6 heteroatoms. The number of hydrogen-bond acceptors (Lipinski definition) is 4. The lowest BCUT2D eigenvalue weighted by molar-refractivity contribution is 0.0697. The molecule has 0 spiro atoms. The summed E-state index contributed by atoms with van der Waals surface area (Å²) in [7, 11) is 0. The molecule has 3 heterocycles. The SMILES string of the molecule is Cc1noc(C)c1-c1cnc2c(-c3ccc(C(=O)O)cc3)cn(Cc3ccccc3)c2c1. The van der Waals surface area contributed by atoms with Crippen LogP contribution in [0.2, 0.25) is 0 Å². The molecule has 0 saturated carbocycles. The third kappa shape index (κ3) is 3.46. The molecule has 0 aliphatic carbocycles. The highest BCUT2D eigenvalue weighted by Crippen LogP contribution is 2.34. The molecule has 0 radical (unpaired) electrons. The van der Waals surface area contributed by atoms with Gasteiger partial charge in [-0.3, -0.25) is 4.98 Å². The quantitative estimate of drug-likeness (QED) is 0.391. The Balaban J connectivity index is 1.68. The van der Waals surface area contributed by atoms with Gasteiger partial charge in [0.2, 0.25) is 0 Å². The minimum atomic E-state index is -0.940. The number of rotatable bonds is 5. The number of aryl methyl sites for hydroxylation is 2. The van der Waals surface area contributed by atoms with Crippen LogP contribution in [-0.4, -0.2) is 25.8 Å². The maximum atomic E-state index is 11.2. The molecule has 2 aromatic carbocycles. The number of benzene rings is 2. The van der Waals surface area contributed by atoms with Gasteiger partial charge in [0, 0.05) is 35.6 Å². The summed E-state index contributed by atoms with van der Waals surface area (Å²) in [6.07, 6.45) is 3.92. The fourth-order valence-corrected chi connectivity index (χ4v) is 4.11. The van der Waals surface area contributed by atoms with Crippen molar-refractivity contribution in [3.8, 4) is 22.3 Å². The van der Waals surface area contributed by atoms with Crippen LogP contribution in [0, 0.1) is 13.8 Å². The minimum Gasteiger partial charge on any atom is -0.478 e. The fourth-order valence-electron chi connectivity index (χ4n) is 4.11. The van der Waals surface area contributed by atoms with Gasteiger partial charge < -0.3 is 14.2 Å². The second kappa shape index (κ2) is 7.81. The first-order chi connectivity index (χ1) is 15.5. The number of carboxylic acids is 1. The largest absolute Gasteiger partial charge is 0.478 e. The summed E-state index contributed by atoms with van der Waals surface area (Å²) in [6.45, 7) is 4.52. The van der Waals surface area contributed by atoms with Gasteiger partial charge in [0.05, 0.1) is 22.3 Å². The highest BCUT2D eigenvalue weighted by atomic mass is 16.5. The van der Waals surface area contributed by atoms with Crippen LogP contribution < -0.4 is 0 Å². The van der Waals surface area contributed by atoms with Gasteiger partial charge in [0.1, 0.15) is 5.76 Å². The number of carboxylic acid groups (broad SMARTS) is 1. The van der Waals surface area contributed by atoms with Crippen molar-refractivity contribution in [1.82, 2.24) is 14.7 Å². The molecular formula is C26H21N3O3. The Morgan fingerprint density at radius 1 is 1.03 bits per heavy atom. The summed E-state index contributed by atoms with van der Waals surface area (Å²) in [5, 5.41) is 13.3. The molecule has 5 aromatic rings. The van der Waals surface area contributed by atoms with Crippen LogP contribution in [0.4, 0.5) is 0 Å². The Morgan fingerprint density at radius 3 is 2.44 bits per heavy atom. The van der Waals surface area contributed by atoms with Crippen LogP contribution in [0.15, 0.2) is 77.6 Å². The van der Waals surface area contributed by atoms with E-state index in [9.17, 15) is 9.90 Å². The van der Waals surface area contributed by atoms with Gasteiger partial charge in [-0.15, -0.1) is 0 Å². The summed E-state index contributed by atoms with van der Waals surface area (Å²) in [5.41, 5.74) is 7.91. The van der Waals surface area contributed by atoms with E-state index in [0.29, 0.717) is 6.54 Å². The highest BCUT2D eigenvalue weighted by Gasteiger charge is 2.17. The Labute approximate surface area is 184 Å². The molecule has 1 N–H and O–H groups in total. The van der Waals surface area contributed by atoms with Gasteiger partial charge >= 0.3 is 5.97 Å². The van der Waals surface area contributed by atoms with E-state index in [-0.39, 0.29) is 5.56 Å². The summed E-state index contributed by atoms with van der Waals surface area (Å²) in [6, 6.07) is 19.3. The maximum absolute atomic E-state index is 11.2. The van der Waals surface area contributed by atoms with Crippen molar-refractivity contribution in [2.24, 2.45) is 0 Å². The first-order valence-electron chi connectivity index (χ1n) is 10.3. The molecule has 0 unspecified atom stereocenters. The molecule has 0 amide bonds. The molecular weight excluding hydrogens is 402 g/mol. The number of nitrogens with zero attached hydrogens (tertiary/aromatic N) is 3. The Kier molecular flexibility index (Phi) is 4.82. The second-order valence-electron chi connectivity index (χ2n) is 7.83. The lowest BCUT2D eigenvalue weighted by Gasteiger charge is -2.07. The van der Waals surface area contributed by atoms with E-state index >= 15 is 0 Å². The van der Waals surface area contributed by atoms with Gasteiger partial charge in [-0.25, -0.2) is 4.79 Å². The molecule has 0 aliphatic rings. The molecule has 0 aliphatic heterocycles. The second-order valence-corrected chi connectivity index (χ2v) is 7.83. The molecule has 5 rings (SSSR count). The van der Waals surface area contributed by atoms with E-state index in [1.807, 2.05) is 50.4 Å². The first kappa shape index (κ1) is 19.8. The molecule has 32 heavy (non-hydrogen) atoms. The smallest absolute Gasteiger partial charge is 0.335 e. The highest BCUT2D eigenvalue weighted by molar-refractivity contribution is 5.96. The van der Waals surface area contributed by atoms with Gasteiger partial charge in [0.15, 0.2) is 0 Å². The van der Waals surface area contributed by atoms with Crippen molar-refractivity contribution in [3.63, 3.8) is 0 Å². The van der Waals surface area contributed by atoms with E-state index < -0.39 is 5.97 Å². The van der Waals surface area contributed by atoms with E-state index in [4.69, 9.17) is 9.51 Å². The van der Waals surface area contributed by atoms with Crippen LogP contribution in [0.3, 0.4) is 0 Å². The van der Waals surface area contributed by atoms with E-state index in [0.717, 1.165) is 44.7 Å². The molecule has 0 atom stereocenters. The van der Waals surface area contributed by atoms with E-state index in [2.05, 4.69) is 34.1 Å². The zero-order valence-corrected chi connectivity index (χ0v) is 17.7. The molecule has 6 nitrogen and oxygen atoms in total. The van der Waals surface area contributed by atoms with E-state index in [1.165, 1.54) is 5.56 Å². The molecule has 0 saturated heterocycles. The monoisotopic (exact) mass is 423 g/mol. The van der Waals surface area contributed by atoms with Crippen molar-refractivity contribution < 1.29 is 14.4 Å². The lowest BCUT2D eigenvalue weighted by atomic mass is 10.0. The van der Waals surface area contributed by atoms with Crippen LogP contribution >= 0.6 is 0 Å². The Morgan fingerprint density at radius 2 is 1.78 bits per heavy atom. The summed E-state index contributed by atoms with van der Waals surface area (Å²) >= 11 is 0. The average Bonchev–Trinajstić information content (AvgIpc) is 3.33. The fraction of sp³-hybridized carbons (Fsp3) is 0.115. The van der Waals surface area contributed by atoms with Gasteiger partial charge in [0.25, 0.3) is 0 Å². The number of aromatic nitrogens is 3. The molecule has 158 valence electrons. The Hall–Kier alpha value is -4.19. The lowest BCUT2D eigenvalue weighted by Crippen LogP contribution is -1.98. The zero-order chi connectivity index (χ0) is 22.2. The van der Waals surface area contributed by atoms with E-state index in [1.54, 1.807) is 12.1 Å². The number of pyridine rings is 1. The third-order valence-electron chi connectivity index (χ3n) is 5.68. The molecule has 0 bridgehead atoms. The standard InChI is InChI=1S/C26H21N3O3/c1-16-24(17(2)32-28-16)21-12-23-25(27-13-21)22(19-8-10-20(11-9-19)26(30)31)15-29(23)14-18-6-4-3-5-7-18/h3-13,15H,14H2,1-2H3,(H,30,31). The molecule has 0 fully saturated rings. The summed E-state index contributed by atoms with van der Waals surface area (Å²) in [4.78, 5) is 16.1. The predicted molar refractivity (Wildman–Crippen MR) is 123 cm³/mol. The summed E-state index contributed by atoms with van der Waals surface area (Å²) in [5.74, 6) is -0.181. The van der Waals surface area contributed by atoms with Crippen molar-refractivity contribution in [3.05, 3.63) is 95.6 Å². The van der Waals surface area contributed by atoms with Crippen LogP contribution in [-0.2, 0) is 6.54 Å². The minimum absolute atomic E-state index is 0.260. The predicted octanol–water partition coefficient (Wildman–Crippen LogP) is 5.72.